The van der Waals surface area contributed by atoms with Crippen LogP contribution in [0, 0.1) is 0 Å². The smallest absolute Gasteiger partial charge is 0.225 e. The molecule has 0 aliphatic carbocycles. The van der Waals surface area contributed by atoms with Crippen LogP contribution in [0.1, 0.15) is 11.1 Å². The first kappa shape index (κ1) is 18.9. The first-order valence-corrected chi connectivity index (χ1v) is 9.84. The third kappa shape index (κ3) is 4.90. The molecular weight excluding hydrogens is 364 g/mol. The summed E-state index contributed by atoms with van der Waals surface area (Å²) in [7, 11) is 1.84. The van der Waals surface area contributed by atoms with Gasteiger partial charge in [-0.3, -0.25) is 9.67 Å². The topological polar surface area (TPSA) is 74.5 Å². The molecule has 3 heterocycles. The van der Waals surface area contributed by atoms with Crippen LogP contribution in [-0.4, -0.2) is 63.8 Å². The second-order valence-corrected chi connectivity index (χ2v) is 6.95. The van der Waals surface area contributed by atoms with Gasteiger partial charge in [-0.05, 0) is 23.3 Å². The maximum absolute atomic E-state index is 4.48. The number of piperazine rings is 1. The maximum Gasteiger partial charge on any atom is 0.225 e. The van der Waals surface area contributed by atoms with Crippen molar-refractivity contribution in [2.24, 2.45) is 4.99 Å². The van der Waals surface area contributed by atoms with Crippen LogP contribution in [0.25, 0.3) is 0 Å². The Bertz CT molecular complexity index is 915. The van der Waals surface area contributed by atoms with E-state index in [1.165, 1.54) is 11.1 Å². The highest BCUT2D eigenvalue weighted by Crippen LogP contribution is 2.11. The predicted octanol–water partition coefficient (Wildman–Crippen LogP) is 1.62. The molecule has 1 aliphatic rings. The third-order valence-electron chi connectivity index (χ3n) is 4.97. The number of anilines is 1. The van der Waals surface area contributed by atoms with Crippen LogP contribution < -0.4 is 10.2 Å². The number of aliphatic imine (C=N–C) groups is 1. The van der Waals surface area contributed by atoms with Crippen molar-refractivity contribution in [1.82, 2.24) is 30.0 Å². The molecule has 1 fully saturated rings. The summed E-state index contributed by atoms with van der Waals surface area (Å²) < 4.78 is 1.93. The van der Waals surface area contributed by atoms with E-state index in [-0.39, 0.29) is 0 Å². The zero-order valence-electron chi connectivity index (χ0n) is 16.6. The summed E-state index contributed by atoms with van der Waals surface area (Å²) in [6, 6.07) is 12.4. The standard InChI is InChI=1S/C21H26N8/c1-22-20(27-11-13-28(14-12-27)21-23-7-3-8-24-21)25-16-18-5-2-6-19(15-18)17-29-10-4-9-26-29/h2-10,15H,11-14,16-17H2,1H3,(H,22,25). The average Bonchev–Trinajstić information content (AvgIpc) is 3.29. The largest absolute Gasteiger partial charge is 0.352 e. The van der Waals surface area contributed by atoms with Crippen LogP contribution in [0.2, 0.25) is 0 Å². The summed E-state index contributed by atoms with van der Waals surface area (Å²) >= 11 is 0. The van der Waals surface area contributed by atoms with Gasteiger partial charge in [0, 0.05) is 64.6 Å². The van der Waals surface area contributed by atoms with Gasteiger partial charge in [0.15, 0.2) is 5.96 Å². The van der Waals surface area contributed by atoms with E-state index in [1.807, 2.05) is 30.1 Å². The van der Waals surface area contributed by atoms with Crippen molar-refractivity contribution in [3.05, 3.63) is 72.3 Å². The number of aromatic nitrogens is 4. The van der Waals surface area contributed by atoms with E-state index in [1.54, 1.807) is 18.6 Å². The molecular formula is C21H26N8. The Labute approximate surface area is 170 Å². The molecule has 1 aromatic carbocycles. The van der Waals surface area contributed by atoms with E-state index in [2.05, 4.69) is 59.4 Å². The molecule has 0 radical (unpaired) electrons. The second kappa shape index (κ2) is 9.18. The fourth-order valence-electron chi connectivity index (χ4n) is 3.51. The summed E-state index contributed by atoms with van der Waals surface area (Å²) in [5.74, 6) is 1.72. The maximum atomic E-state index is 4.48. The Balaban J connectivity index is 1.31. The van der Waals surface area contributed by atoms with Gasteiger partial charge in [-0.25, -0.2) is 9.97 Å². The molecule has 0 unspecified atom stereocenters. The van der Waals surface area contributed by atoms with Gasteiger partial charge < -0.3 is 15.1 Å². The lowest BCUT2D eigenvalue weighted by Crippen LogP contribution is -2.52. The number of guanidine groups is 1. The zero-order chi connectivity index (χ0) is 19.9. The highest BCUT2D eigenvalue weighted by atomic mass is 15.4. The Morgan fingerprint density at radius 3 is 2.52 bits per heavy atom. The highest BCUT2D eigenvalue weighted by molar-refractivity contribution is 5.80. The molecule has 0 atom stereocenters. The molecule has 29 heavy (non-hydrogen) atoms. The van der Waals surface area contributed by atoms with Crippen LogP contribution in [0.5, 0.6) is 0 Å². The lowest BCUT2D eigenvalue weighted by Gasteiger charge is -2.36. The van der Waals surface area contributed by atoms with E-state index in [4.69, 9.17) is 0 Å². The van der Waals surface area contributed by atoms with Crippen molar-refractivity contribution in [2.75, 3.05) is 38.1 Å². The van der Waals surface area contributed by atoms with Gasteiger partial charge in [0.1, 0.15) is 0 Å². The molecule has 1 aliphatic heterocycles. The van der Waals surface area contributed by atoms with Crippen LogP contribution >= 0.6 is 0 Å². The third-order valence-corrected chi connectivity index (χ3v) is 4.97. The number of benzene rings is 1. The average molecular weight is 390 g/mol. The lowest BCUT2D eigenvalue weighted by atomic mass is 10.1. The monoisotopic (exact) mass is 390 g/mol. The lowest BCUT2D eigenvalue weighted by molar-refractivity contribution is 0.370. The molecule has 1 saturated heterocycles. The summed E-state index contributed by atoms with van der Waals surface area (Å²) in [5.41, 5.74) is 2.46. The summed E-state index contributed by atoms with van der Waals surface area (Å²) in [4.78, 5) is 17.7. The van der Waals surface area contributed by atoms with Crippen molar-refractivity contribution in [3.63, 3.8) is 0 Å². The van der Waals surface area contributed by atoms with Gasteiger partial charge in [-0.2, -0.15) is 5.10 Å². The second-order valence-electron chi connectivity index (χ2n) is 6.95. The molecule has 8 nitrogen and oxygen atoms in total. The molecule has 150 valence electrons. The summed E-state index contributed by atoms with van der Waals surface area (Å²) in [6.07, 6.45) is 7.36. The molecule has 4 rings (SSSR count). The Hall–Kier alpha value is -3.42. The minimum Gasteiger partial charge on any atom is -0.352 e. The van der Waals surface area contributed by atoms with Gasteiger partial charge in [0.25, 0.3) is 0 Å². The van der Waals surface area contributed by atoms with E-state index in [9.17, 15) is 0 Å². The van der Waals surface area contributed by atoms with Crippen molar-refractivity contribution in [1.29, 1.82) is 0 Å². The first-order chi connectivity index (χ1) is 14.3. The quantitative estimate of drug-likeness (QED) is 0.527. The molecule has 0 amide bonds. The van der Waals surface area contributed by atoms with Crippen LogP contribution in [0.4, 0.5) is 5.95 Å². The Morgan fingerprint density at radius 1 is 1.00 bits per heavy atom. The van der Waals surface area contributed by atoms with Gasteiger partial charge in [-0.15, -0.1) is 0 Å². The van der Waals surface area contributed by atoms with Crippen molar-refractivity contribution >= 4 is 11.9 Å². The molecule has 0 spiro atoms. The van der Waals surface area contributed by atoms with Crippen molar-refractivity contribution in [3.8, 4) is 0 Å². The summed E-state index contributed by atoms with van der Waals surface area (Å²) in [6.45, 7) is 5.05. The predicted molar refractivity (Wildman–Crippen MR) is 114 cm³/mol. The molecule has 8 heteroatoms. The number of nitrogens with zero attached hydrogens (tertiary/aromatic N) is 7. The molecule has 0 bridgehead atoms. The number of hydrogen-bond acceptors (Lipinski definition) is 5. The fraction of sp³-hybridized carbons (Fsp3) is 0.333. The normalized spacial score (nSPS) is 14.9. The SMILES string of the molecule is CN=C(NCc1cccc(Cn2cccn2)c1)N1CCN(c2ncccn2)CC1. The Morgan fingerprint density at radius 2 is 1.79 bits per heavy atom. The molecule has 1 N–H and O–H groups in total. The molecule has 0 saturated carbocycles. The van der Waals surface area contributed by atoms with E-state index in [0.717, 1.165) is 51.2 Å². The minimum atomic E-state index is 0.738. The van der Waals surface area contributed by atoms with Gasteiger partial charge in [0.2, 0.25) is 5.95 Å². The van der Waals surface area contributed by atoms with Crippen LogP contribution in [-0.2, 0) is 13.1 Å². The van der Waals surface area contributed by atoms with Crippen LogP contribution in [0.3, 0.4) is 0 Å². The van der Waals surface area contributed by atoms with Crippen LogP contribution in [0.15, 0.2) is 66.2 Å². The first-order valence-electron chi connectivity index (χ1n) is 9.84. The van der Waals surface area contributed by atoms with E-state index < -0.39 is 0 Å². The number of rotatable bonds is 5. The van der Waals surface area contributed by atoms with E-state index in [0.29, 0.717) is 0 Å². The highest BCUT2D eigenvalue weighted by Gasteiger charge is 2.20. The summed E-state index contributed by atoms with van der Waals surface area (Å²) in [5, 5.41) is 7.78. The van der Waals surface area contributed by atoms with E-state index >= 15 is 0 Å². The van der Waals surface area contributed by atoms with Gasteiger partial charge >= 0.3 is 0 Å². The minimum absolute atomic E-state index is 0.738. The molecule has 2 aromatic heterocycles. The van der Waals surface area contributed by atoms with Crippen molar-refractivity contribution in [2.45, 2.75) is 13.1 Å². The van der Waals surface area contributed by atoms with Gasteiger partial charge in [-0.1, -0.05) is 24.3 Å². The molecule has 3 aromatic rings. The number of nitrogens with one attached hydrogen (secondary N) is 1. The van der Waals surface area contributed by atoms with Crippen molar-refractivity contribution < 1.29 is 0 Å². The Kier molecular flexibility index (Phi) is 5.99. The fourth-order valence-corrected chi connectivity index (χ4v) is 3.51. The zero-order valence-corrected chi connectivity index (χ0v) is 16.6. The van der Waals surface area contributed by atoms with Gasteiger partial charge in [0.05, 0.1) is 6.54 Å². The number of hydrogen-bond donors (Lipinski definition) is 1.